The lowest BCUT2D eigenvalue weighted by Crippen LogP contribution is -2.52. The second kappa shape index (κ2) is 9.35. The number of aryl methyl sites for hydroxylation is 2. The number of hydrogen-bond donors (Lipinski definition) is 0. The number of halogens is 2. The smallest absolute Gasteiger partial charge is 0.274 e. The highest BCUT2D eigenvalue weighted by atomic mass is 35.5. The van der Waals surface area contributed by atoms with Crippen LogP contribution < -0.4 is 0 Å². The third-order valence-electron chi connectivity index (χ3n) is 6.61. The van der Waals surface area contributed by atoms with Crippen molar-refractivity contribution in [2.75, 3.05) is 6.54 Å². The van der Waals surface area contributed by atoms with Crippen LogP contribution in [-0.4, -0.2) is 40.1 Å². The van der Waals surface area contributed by atoms with Crippen LogP contribution in [0.25, 0.3) is 0 Å². The Bertz CT molecular complexity index is 1240. The Morgan fingerprint density at radius 1 is 1.03 bits per heavy atom. The molecule has 8 heteroatoms. The van der Waals surface area contributed by atoms with Crippen LogP contribution in [0.4, 0.5) is 0 Å². The number of hydrazine groups is 1. The molecule has 176 valence electrons. The summed E-state index contributed by atoms with van der Waals surface area (Å²) in [4.78, 5) is 53.6. The van der Waals surface area contributed by atoms with Gasteiger partial charge < -0.3 is 0 Å². The number of allylic oxidation sites excluding steroid dienone is 2. The van der Waals surface area contributed by atoms with E-state index in [0.717, 1.165) is 21.1 Å². The van der Waals surface area contributed by atoms with Gasteiger partial charge in [0.2, 0.25) is 0 Å². The van der Waals surface area contributed by atoms with Crippen molar-refractivity contribution in [3.05, 3.63) is 80.8 Å². The number of rotatable bonds is 5. The van der Waals surface area contributed by atoms with Gasteiger partial charge in [0, 0.05) is 10.6 Å². The number of fused-ring (bicyclic) bond motifs is 1. The molecular weight excluding hydrogens is 475 g/mol. The van der Waals surface area contributed by atoms with Crippen LogP contribution in [-0.2, 0) is 9.59 Å². The topological polar surface area (TPSA) is 74.8 Å². The molecule has 0 spiro atoms. The molecule has 3 atom stereocenters. The Morgan fingerprint density at radius 2 is 1.76 bits per heavy atom. The highest BCUT2D eigenvalue weighted by molar-refractivity contribution is 6.36. The first-order valence-corrected chi connectivity index (χ1v) is 11.8. The Hall–Kier alpha value is -2.96. The minimum absolute atomic E-state index is 0.0422. The molecular formula is C26H24Cl2N2O4. The molecule has 1 heterocycles. The lowest BCUT2D eigenvalue weighted by Gasteiger charge is -2.30. The Morgan fingerprint density at radius 3 is 2.41 bits per heavy atom. The summed E-state index contributed by atoms with van der Waals surface area (Å²) < 4.78 is 0. The zero-order valence-corrected chi connectivity index (χ0v) is 20.6. The molecule has 1 aliphatic heterocycles. The number of imide groups is 1. The quantitative estimate of drug-likeness (QED) is 0.328. The Balaban J connectivity index is 1.74. The van der Waals surface area contributed by atoms with E-state index in [1.807, 2.05) is 39.0 Å². The molecule has 6 nitrogen and oxygen atoms in total. The predicted octanol–water partition coefficient (Wildman–Crippen LogP) is 5.05. The average Bonchev–Trinajstić information content (AvgIpc) is 3.04. The van der Waals surface area contributed by atoms with Crippen molar-refractivity contribution in [3.63, 3.8) is 0 Å². The molecule has 2 aliphatic rings. The van der Waals surface area contributed by atoms with Gasteiger partial charge in [-0.1, -0.05) is 54.4 Å². The van der Waals surface area contributed by atoms with Crippen LogP contribution in [0.3, 0.4) is 0 Å². The van der Waals surface area contributed by atoms with Crippen LogP contribution in [0.5, 0.6) is 0 Å². The first-order chi connectivity index (χ1) is 16.1. The summed E-state index contributed by atoms with van der Waals surface area (Å²) >= 11 is 12.2. The molecule has 0 radical (unpaired) electrons. The van der Waals surface area contributed by atoms with Gasteiger partial charge in [-0.3, -0.25) is 19.2 Å². The van der Waals surface area contributed by atoms with Gasteiger partial charge in [-0.05, 0) is 61.6 Å². The normalized spacial score (nSPS) is 21.6. The van der Waals surface area contributed by atoms with Crippen molar-refractivity contribution in [2.24, 2.45) is 17.8 Å². The van der Waals surface area contributed by atoms with E-state index in [0.29, 0.717) is 17.0 Å². The summed E-state index contributed by atoms with van der Waals surface area (Å²) in [6.45, 7) is 5.19. The molecule has 4 rings (SSSR count). The first kappa shape index (κ1) is 24.2. The largest absolute Gasteiger partial charge is 0.292 e. The molecule has 0 N–H and O–H groups in total. The molecule has 0 aromatic heterocycles. The maximum atomic E-state index is 13.6. The molecule has 1 saturated heterocycles. The number of carbonyl (C=O) groups is 4. The summed E-state index contributed by atoms with van der Waals surface area (Å²) in [7, 11) is 0. The van der Waals surface area contributed by atoms with Gasteiger partial charge in [-0.2, -0.15) is 5.01 Å². The molecule has 0 unspecified atom stereocenters. The Labute approximate surface area is 208 Å². The van der Waals surface area contributed by atoms with Gasteiger partial charge in [0.05, 0.1) is 22.4 Å². The van der Waals surface area contributed by atoms with Crippen molar-refractivity contribution in [1.29, 1.82) is 0 Å². The number of amides is 3. The number of Topliss-reactive ketones (excluding diaryl/α,β-unsaturated/α-hetero) is 1. The van der Waals surface area contributed by atoms with Crippen LogP contribution in [0, 0.1) is 31.6 Å². The fraction of sp³-hybridized carbons (Fsp3) is 0.308. The third kappa shape index (κ3) is 4.28. The van der Waals surface area contributed by atoms with Crippen LogP contribution in [0.1, 0.15) is 45.2 Å². The second-order valence-electron chi connectivity index (χ2n) is 8.85. The molecule has 34 heavy (non-hydrogen) atoms. The van der Waals surface area contributed by atoms with Crippen molar-refractivity contribution in [3.8, 4) is 0 Å². The van der Waals surface area contributed by atoms with Gasteiger partial charge in [0.15, 0.2) is 5.78 Å². The minimum atomic E-state index is -0.722. The maximum absolute atomic E-state index is 13.6. The summed E-state index contributed by atoms with van der Waals surface area (Å²) in [6, 6.07) is 9.53. The van der Waals surface area contributed by atoms with Gasteiger partial charge >= 0.3 is 0 Å². The van der Waals surface area contributed by atoms with Crippen LogP contribution >= 0.6 is 23.2 Å². The van der Waals surface area contributed by atoms with Crippen molar-refractivity contribution >= 4 is 46.7 Å². The van der Waals surface area contributed by atoms with E-state index >= 15 is 0 Å². The Kier molecular flexibility index (Phi) is 6.65. The molecule has 2 aromatic carbocycles. The van der Waals surface area contributed by atoms with Crippen LogP contribution in [0.2, 0.25) is 10.0 Å². The summed E-state index contributed by atoms with van der Waals surface area (Å²) in [5.41, 5.74) is 2.37. The van der Waals surface area contributed by atoms with Crippen molar-refractivity contribution in [1.82, 2.24) is 10.0 Å². The highest BCUT2D eigenvalue weighted by Crippen LogP contribution is 2.39. The fourth-order valence-electron chi connectivity index (χ4n) is 4.55. The van der Waals surface area contributed by atoms with Gasteiger partial charge in [-0.15, -0.1) is 0 Å². The lowest BCUT2D eigenvalue weighted by molar-refractivity contribution is -0.154. The maximum Gasteiger partial charge on any atom is 0.274 e. The van der Waals surface area contributed by atoms with E-state index in [-0.39, 0.29) is 16.5 Å². The van der Waals surface area contributed by atoms with Gasteiger partial charge in [-0.25, -0.2) is 5.01 Å². The first-order valence-electron chi connectivity index (χ1n) is 11.0. The average molecular weight is 499 g/mol. The second-order valence-corrected chi connectivity index (χ2v) is 9.70. The summed E-state index contributed by atoms with van der Waals surface area (Å²) in [5, 5.41) is 2.18. The molecule has 1 fully saturated rings. The molecule has 0 bridgehead atoms. The predicted molar refractivity (Wildman–Crippen MR) is 129 cm³/mol. The zero-order chi connectivity index (χ0) is 24.7. The van der Waals surface area contributed by atoms with Gasteiger partial charge in [0.1, 0.15) is 6.54 Å². The third-order valence-corrected chi connectivity index (χ3v) is 7.16. The molecule has 0 saturated carbocycles. The number of carbonyl (C=O) groups excluding carboxylic acids is 4. The van der Waals surface area contributed by atoms with E-state index in [1.165, 1.54) is 18.2 Å². The van der Waals surface area contributed by atoms with E-state index in [4.69, 9.17) is 23.2 Å². The monoisotopic (exact) mass is 498 g/mol. The highest BCUT2D eigenvalue weighted by Gasteiger charge is 2.53. The van der Waals surface area contributed by atoms with E-state index < -0.39 is 41.9 Å². The number of benzene rings is 2. The SMILES string of the molecule is Cc1ccc(C(=O)CN(C(=O)c2ccc(Cl)cc2Cl)N2C(=O)[C@@H]3[C@H](C)C=CC[C@H]3C2=O)cc1C. The van der Waals surface area contributed by atoms with Crippen LogP contribution in [0.15, 0.2) is 48.6 Å². The van der Waals surface area contributed by atoms with Gasteiger partial charge in [0.25, 0.3) is 17.7 Å². The molecule has 1 aliphatic carbocycles. The fourth-order valence-corrected chi connectivity index (χ4v) is 5.04. The van der Waals surface area contributed by atoms with E-state index in [1.54, 1.807) is 12.1 Å². The summed E-state index contributed by atoms with van der Waals surface area (Å²) in [6.07, 6.45) is 4.19. The summed E-state index contributed by atoms with van der Waals surface area (Å²) in [5.74, 6) is -3.41. The standard InChI is InChI=1S/C26H24Cl2N2O4/c1-14-7-8-17(11-16(14)3)22(31)13-29(24(32)19-10-9-18(27)12-21(19)28)30-25(33)20-6-4-5-15(2)23(20)26(30)34/h4-5,7-12,15,20,23H,6,13H2,1-3H3/t15-,20-,23-/m1/s1. The number of ketones is 1. The zero-order valence-electron chi connectivity index (χ0n) is 19.0. The van der Waals surface area contributed by atoms with E-state index in [9.17, 15) is 19.2 Å². The molecule has 3 amide bonds. The minimum Gasteiger partial charge on any atom is -0.292 e. The lowest BCUT2D eigenvalue weighted by atomic mass is 9.78. The molecule has 2 aromatic rings. The number of nitrogens with zero attached hydrogens (tertiary/aromatic N) is 2. The van der Waals surface area contributed by atoms with Crippen molar-refractivity contribution in [2.45, 2.75) is 27.2 Å². The van der Waals surface area contributed by atoms with Crippen molar-refractivity contribution < 1.29 is 19.2 Å². The van der Waals surface area contributed by atoms with E-state index in [2.05, 4.69) is 0 Å². The number of hydrogen-bond acceptors (Lipinski definition) is 4.